The molecular formula is C20H14ClN3. The van der Waals surface area contributed by atoms with E-state index in [4.69, 9.17) is 21.6 Å². The highest BCUT2D eigenvalue weighted by atomic mass is 35.5. The zero-order valence-corrected chi connectivity index (χ0v) is 13.5. The Labute approximate surface area is 145 Å². The van der Waals surface area contributed by atoms with Crippen molar-refractivity contribution in [3.8, 4) is 11.3 Å². The first kappa shape index (κ1) is 14.7. The highest BCUT2D eigenvalue weighted by Gasteiger charge is 2.11. The van der Waals surface area contributed by atoms with Gasteiger partial charge < -0.3 is 5.32 Å². The normalized spacial score (nSPS) is 10.7. The molecule has 1 aromatic heterocycles. The predicted octanol–water partition coefficient (Wildman–Crippen LogP) is 5.69. The quantitative estimate of drug-likeness (QED) is 0.523. The van der Waals surface area contributed by atoms with Crippen molar-refractivity contribution in [2.24, 2.45) is 0 Å². The average Bonchev–Trinajstić information content (AvgIpc) is 2.64. The molecule has 0 spiro atoms. The maximum Gasteiger partial charge on any atom is 0.157 e. The maximum absolute atomic E-state index is 5.96. The molecule has 0 amide bonds. The van der Waals surface area contributed by atoms with Gasteiger partial charge in [0.1, 0.15) is 5.69 Å². The zero-order chi connectivity index (χ0) is 16.4. The van der Waals surface area contributed by atoms with Crippen LogP contribution in [-0.4, -0.2) is 9.97 Å². The second-order valence-electron chi connectivity index (χ2n) is 5.41. The van der Waals surface area contributed by atoms with Gasteiger partial charge in [-0.25, -0.2) is 9.97 Å². The highest BCUT2D eigenvalue weighted by molar-refractivity contribution is 6.30. The Morgan fingerprint density at radius 3 is 2.00 bits per heavy atom. The second kappa shape index (κ2) is 6.30. The van der Waals surface area contributed by atoms with Crippen molar-refractivity contribution in [3.63, 3.8) is 0 Å². The Morgan fingerprint density at radius 1 is 0.667 bits per heavy atom. The summed E-state index contributed by atoms with van der Waals surface area (Å²) in [6.07, 6.45) is 0. The van der Waals surface area contributed by atoms with E-state index in [9.17, 15) is 0 Å². The number of hydrogen-bond acceptors (Lipinski definition) is 3. The predicted molar refractivity (Wildman–Crippen MR) is 99.7 cm³/mol. The number of halogens is 1. The summed E-state index contributed by atoms with van der Waals surface area (Å²) in [5, 5.41) is 4.06. The SMILES string of the molecule is Clc1ccc(Nc2nc3ccccc3nc2-c2ccccc2)cc1. The van der Waals surface area contributed by atoms with Crippen LogP contribution in [0.3, 0.4) is 0 Å². The molecule has 0 saturated carbocycles. The van der Waals surface area contributed by atoms with Crippen LogP contribution in [0, 0.1) is 0 Å². The molecule has 116 valence electrons. The van der Waals surface area contributed by atoms with E-state index in [0.717, 1.165) is 33.8 Å². The zero-order valence-electron chi connectivity index (χ0n) is 12.8. The van der Waals surface area contributed by atoms with E-state index in [-0.39, 0.29) is 0 Å². The molecular weight excluding hydrogens is 318 g/mol. The first-order chi connectivity index (χ1) is 11.8. The minimum absolute atomic E-state index is 0.702. The van der Waals surface area contributed by atoms with Gasteiger partial charge in [-0.05, 0) is 36.4 Å². The van der Waals surface area contributed by atoms with Crippen molar-refractivity contribution in [1.29, 1.82) is 0 Å². The van der Waals surface area contributed by atoms with Crippen LogP contribution >= 0.6 is 11.6 Å². The van der Waals surface area contributed by atoms with E-state index in [1.165, 1.54) is 0 Å². The molecule has 0 aliphatic carbocycles. The number of fused-ring (bicyclic) bond motifs is 1. The van der Waals surface area contributed by atoms with Crippen molar-refractivity contribution in [2.45, 2.75) is 0 Å². The summed E-state index contributed by atoms with van der Waals surface area (Å²) in [4.78, 5) is 9.57. The van der Waals surface area contributed by atoms with Gasteiger partial charge in [0.15, 0.2) is 5.82 Å². The van der Waals surface area contributed by atoms with Crippen LogP contribution in [-0.2, 0) is 0 Å². The minimum Gasteiger partial charge on any atom is -0.338 e. The largest absolute Gasteiger partial charge is 0.338 e. The van der Waals surface area contributed by atoms with Crippen LogP contribution < -0.4 is 5.32 Å². The lowest BCUT2D eigenvalue weighted by Gasteiger charge is -2.12. The lowest BCUT2D eigenvalue weighted by Crippen LogP contribution is -2.00. The molecule has 4 aromatic rings. The third kappa shape index (κ3) is 2.94. The molecule has 1 heterocycles. The Balaban J connectivity index is 1.86. The Hall–Kier alpha value is -2.91. The fourth-order valence-electron chi connectivity index (χ4n) is 2.55. The van der Waals surface area contributed by atoms with Gasteiger partial charge in [-0.3, -0.25) is 0 Å². The topological polar surface area (TPSA) is 37.8 Å². The summed E-state index contributed by atoms with van der Waals surface area (Å²) in [7, 11) is 0. The Morgan fingerprint density at radius 2 is 1.29 bits per heavy atom. The van der Waals surface area contributed by atoms with Crippen molar-refractivity contribution >= 4 is 34.1 Å². The Bertz CT molecular complexity index is 983. The van der Waals surface area contributed by atoms with E-state index >= 15 is 0 Å². The van der Waals surface area contributed by atoms with Crippen LogP contribution in [0.15, 0.2) is 78.9 Å². The summed E-state index contributed by atoms with van der Waals surface area (Å²) < 4.78 is 0. The fourth-order valence-corrected chi connectivity index (χ4v) is 2.68. The summed E-state index contributed by atoms with van der Waals surface area (Å²) in [5.41, 5.74) is 4.49. The number of aromatic nitrogens is 2. The molecule has 0 unspecified atom stereocenters. The lowest BCUT2D eigenvalue weighted by atomic mass is 10.1. The van der Waals surface area contributed by atoms with Gasteiger partial charge in [0.25, 0.3) is 0 Å². The molecule has 0 radical (unpaired) electrons. The molecule has 0 fully saturated rings. The van der Waals surface area contributed by atoms with Crippen LogP contribution in [0.25, 0.3) is 22.3 Å². The minimum atomic E-state index is 0.702. The smallest absolute Gasteiger partial charge is 0.157 e. The number of benzene rings is 3. The molecule has 1 N–H and O–H groups in total. The van der Waals surface area contributed by atoms with E-state index in [1.54, 1.807) is 0 Å². The van der Waals surface area contributed by atoms with E-state index in [2.05, 4.69) is 5.32 Å². The van der Waals surface area contributed by atoms with Crippen LogP contribution in [0.5, 0.6) is 0 Å². The molecule has 4 rings (SSSR count). The monoisotopic (exact) mass is 331 g/mol. The van der Waals surface area contributed by atoms with Crippen LogP contribution in [0.1, 0.15) is 0 Å². The molecule has 0 saturated heterocycles. The van der Waals surface area contributed by atoms with Gasteiger partial charge in [0, 0.05) is 16.3 Å². The fraction of sp³-hybridized carbons (Fsp3) is 0. The third-order valence-corrected chi connectivity index (χ3v) is 3.98. The van der Waals surface area contributed by atoms with Crippen molar-refractivity contribution < 1.29 is 0 Å². The van der Waals surface area contributed by atoms with E-state index in [0.29, 0.717) is 5.02 Å². The number of nitrogens with zero attached hydrogens (tertiary/aromatic N) is 2. The summed E-state index contributed by atoms with van der Waals surface area (Å²) in [6.45, 7) is 0. The molecule has 3 nitrogen and oxygen atoms in total. The van der Waals surface area contributed by atoms with Crippen molar-refractivity contribution in [2.75, 3.05) is 5.32 Å². The van der Waals surface area contributed by atoms with Gasteiger partial charge >= 0.3 is 0 Å². The van der Waals surface area contributed by atoms with Crippen LogP contribution in [0.4, 0.5) is 11.5 Å². The highest BCUT2D eigenvalue weighted by Crippen LogP contribution is 2.29. The molecule has 0 bridgehead atoms. The number of hydrogen-bond donors (Lipinski definition) is 1. The van der Waals surface area contributed by atoms with Gasteiger partial charge in [-0.1, -0.05) is 54.1 Å². The molecule has 4 heteroatoms. The van der Waals surface area contributed by atoms with Crippen molar-refractivity contribution in [3.05, 3.63) is 83.9 Å². The second-order valence-corrected chi connectivity index (χ2v) is 5.84. The number of anilines is 2. The van der Waals surface area contributed by atoms with E-state index in [1.807, 2.05) is 78.9 Å². The standard InChI is InChI=1S/C20H14ClN3/c21-15-10-12-16(13-11-15)22-20-19(14-6-2-1-3-7-14)23-17-8-4-5-9-18(17)24-20/h1-13H,(H,22,24). The molecule has 0 aliphatic heterocycles. The molecule has 0 aliphatic rings. The van der Waals surface area contributed by atoms with Crippen LogP contribution in [0.2, 0.25) is 5.02 Å². The maximum atomic E-state index is 5.96. The summed E-state index contributed by atoms with van der Waals surface area (Å²) in [6, 6.07) is 25.5. The third-order valence-electron chi connectivity index (χ3n) is 3.72. The van der Waals surface area contributed by atoms with Gasteiger partial charge in [0.05, 0.1) is 11.0 Å². The van der Waals surface area contributed by atoms with E-state index < -0.39 is 0 Å². The molecule has 24 heavy (non-hydrogen) atoms. The molecule has 3 aromatic carbocycles. The van der Waals surface area contributed by atoms with Gasteiger partial charge in [-0.2, -0.15) is 0 Å². The average molecular weight is 332 g/mol. The number of nitrogens with one attached hydrogen (secondary N) is 1. The molecule has 0 atom stereocenters. The number of para-hydroxylation sites is 2. The Kier molecular flexibility index (Phi) is 3.85. The first-order valence-electron chi connectivity index (χ1n) is 7.64. The summed E-state index contributed by atoms with van der Waals surface area (Å²) in [5.74, 6) is 0.724. The van der Waals surface area contributed by atoms with Gasteiger partial charge in [0.2, 0.25) is 0 Å². The lowest BCUT2D eigenvalue weighted by molar-refractivity contribution is 1.28. The van der Waals surface area contributed by atoms with Crippen molar-refractivity contribution in [1.82, 2.24) is 9.97 Å². The number of rotatable bonds is 3. The first-order valence-corrected chi connectivity index (χ1v) is 8.02. The summed E-state index contributed by atoms with van der Waals surface area (Å²) >= 11 is 5.96. The van der Waals surface area contributed by atoms with Gasteiger partial charge in [-0.15, -0.1) is 0 Å².